The van der Waals surface area contributed by atoms with Crippen molar-refractivity contribution in [2.24, 2.45) is 5.92 Å². The zero-order valence-corrected chi connectivity index (χ0v) is 16.0. The average molecular weight is 466 g/mol. The second-order valence-corrected chi connectivity index (χ2v) is 7.23. The zero-order valence-electron chi connectivity index (χ0n) is 14.5. The molecule has 12 heteroatoms. The summed E-state index contributed by atoms with van der Waals surface area (Å²) in [5.74, 6) is -1.65. The van der Waals surface area contributed by atoms with Crippen molar-refractivity contribution in [3.63, 3.8) is 0 Å². The van der Waals surface area contributed by atoms with Gasteiger partial charge < -0.3 is 4.74 Å². The van der Waals surface area contributed by atoms with E-state index in [4.69, 9.17) is 4.74 Å². The Hall–Kier alpha value is -2.37. The molecule has 0 saturated carbocycles. The Balaban J connectivity index is 1.89. The van der Waals surface area contributed by atoms with E-state index in [1.165, 1.54) is 44.6 Å². The van der Waals surface area contributed by atoms with Gasteiger partial charge in [-0.1, -0.05) is 13.8 Å². The Kier molecular flexibility index (Phi) is 5.26. The predicted octanol–water partition coefficient (Wildman–Crippen LogP) is 4.60. The van der Waals surface area contributed by atoms with Gasteiger partial charge in [-0.25, -0.2) is 4.98 Å². The molecular formula is C16H13BrF5N5O. The highest BCUT2D eigenvalue weighted by molar-refractivity contribution is 9.09. The lowest BCUT2D eigenvalue weighted by molar-refractivity contribution is -0.207. The molecule has 6 nitrogen and oxygen atoms in total. The lowest BCUT2D eigenvalue weighted by Crippen LogP contribution is -2.39. The van der Waals surface area contributed by atoms with E-state index in [0.29, 0.717) is 5.56 Å². The first kappa shape index (κ1) is 20.4. The molecule has 0 amide bonds. The number of fused-ring (bicyclic) bond motifs is 1. The number of aromatic nitrogens is 5. The number of hydrogen-bond donors (Lipinski definition) is 0. The molecule has 1 unspecified atom stereocenters. The number of ether oxygens (including phenoxy) is 1. The molecule has 0 saturated heterocycles. The van der Waals surface area contributed by atoms with Crippen LogP contribution in [-0.2, 0) is 4.83 Å². The molecule has 0 radical (unpaired) electrons. The minimum atomic E-state index is -4.53. The summed E-state index contributed by atoms with van der Waals surface area (Å²) in [6.07, 6.45) is -2.77. The standard InChI is InChI=1S/C16H13BrF5N5O/c1-8(2)13(16(20,21)22)28-12-4-3-9(5-24-12)10-7-27-11(6-23-10)25-26-14(27)15(17,18)19/h3-8,13H,1-2H3. The SMILES string of the molecule is CC(C)C(Oc1ccc(-c2cn3c(C(F)(F)Br)nnc3cn2)cn1)C(F)(F)F. The first-order valence-corrected chi connectivity index (χ1v) is 8.74. The molecule has 28 heavy (non-hydrogen) atoms. The van der Waals surface area contributed by atoms with Crippen molar-refractivity contribution in [2.75, 3.05) is 0 Å². The third-order valence-electron chi connectivity index (χ3n) is 3.75. The molecule has 150 valence electrons. The van der Waals surface area contributed by atoms with E-state index in [-0.39, 0.29) is 17.2 Å². The van der Waals surface area contributed by atoms with Crippen LogP contribution in [0.3, 0.4) is 0 Å². The molecule has 0 bridgehead atoms. The number of hydrogen-bond acceptors (Lipinski definition) is 5. The van der Waals surface area contributed by atoms with Crippen molar-refractivity contribution in [1.29, 1.82) is 0 Å². The van der Waals surface area contributed by atoms with Crippen LogP contribution in [0.4, 0.5) is 22.0 Å². The van der Waals surface area contributed by atoms with Gasteiger partial charge in [0.1, 0.15) is 0 Å². The summed E-state index contributed by atoms with van der Waals surface area (Å²) in [5.41, 5.74) is 0.746. The van der Waals surface area contributed by atoms with Crippen LogP contribution in [0, 0.1) is 5.92 Å². The van der Waals surface area contributed by atoms with Gasteiger partial charge in [0.15, 0.2) is 11.8 Å². The quantitative estimate of drug-likeness (QED) is 0.407. The van der Waals surface area contributed by atoms with Gasteiger partial charge in [-0.2, -0.15) is 22.0 Å². The minimum absolute atomic E-state index is 0.107. The Labute approximate surface area is 163 Å². The first-order valence-electron chi connectivity index (χ1n) is 7.94. The number of nitrogens with zero attached hydrogens (tertiary/aromatic N) is 5. The third-order valence-corrected chi connectivity index (χ3v) is 4.11. The number of rotatable bonds is 5. The van der Waals surface area contributed by atoms with Crippen LogP contribution < -0.4 is 4.74 Å². The fourth-order valence-corrected chi connectivity index (χ4v) is 2.73. The van der Waals surface area contributed by atoms with Crippen LogP contribution in [0.1, 0.15) is 19.7 Å². The maximum absolute atomic E-state index is 13.5. The van der Waals surface area contributed by atoms with Crippen LogP contribution in [0.5, 0.6) is 5.88 Å². The van der Waals surface area contributed by atoms with Crippen molar-refractivity contribution in [3.05, 3.63) is 36.5 Å². The molecule has 3 aromatic rings. The largest absolute Gasteiger partial charge is 0.464 e. The summed E-state index contributed by atoms with van der Waals surface area (Å²) in [6.45, 7) is 2.78. The van der Waals surface area contributed by atoms with E-state index in [2.05, 4.69) is 36.1 Å². The molecule has 0 aliphatic rings. The second-order valence-electron chi connectivity index (χ2n) is 6.23. The summed E-state index contributed by atoms with van der Waals surface area (Å²) >= 11 is 2.23. The summed E-state index contributed by atoms with van der Waals surface area (Å²) in [7, 11) is 0. The molecular weight excluding hydrogens is 453 g/mol. The van der Waals surface area contributed by atoms with Gasteiger partial charge >= 0.3 is 11.0 Å². The van der Waals surface area contributed by atoms with Crippen LogP contribution in [0.25, 0.3) is 16.9 Å². The third kappa shape index (κ3) is 4.21. The topological polar surface area (TPSA) is 65.2 Å². The molecule has 3 aromatic heterocycles. The maximum atomic E-state index is 13.5. The molecule has 0 fully saturated rings. The van der Waals surface area contributed by atoms with Crippen molar-refractivity contribution in [3.8, 4) is 17.1 Å². The fraction of sp³-hybridized carbons (Fsp3) is 0.375. The Morgan fingerprint density at radius 2 is 1.75 bits per heavy atom. The molecule has 1 atom stereocenters. The normalized spacial score (nSPS) is 13.9. The molecule has 0 N–H and O–H groups in total. The monoisotopic (exact) mass is 465 g/mol. The highest BCUT2D eigenvalue weighted by Crippen LogP contribution is 2.34. The van der Waals surface area contributed by atoms with Gasteiger partial charge in [-0.15, -0.1) is 10.2 Å². The minimum Gasteiger partial charge on any atom is -0.464 e. The van der Waals surface area contributed by atoms with E-state index < -0.39 is 28.9 Å². The van der Waals surface area contributed by atoms with Crippen molar-refractivity contribution < 1.29 is 26.7 Å². The van der Waals surface area contributed by atoms with Gasteiger partial charge in [0, 0.05) is 24.0 Å². The summed E-state index contributed by atoms with van der Waals surface area (Å²) in [4.78, 5) is 4.56. The van der Waals surface area contributed by atoms with Gasteiger partial charge in [-0.3, -0.25) is 9.38 Å². The number of halogens is 6. The Morgan fingerprint density at radius 3 is 2.29 bits per heavy atom. The molecule has 0 spiro atoms. The van der Waals surface area contributed by atoms with Gasteiger partial charge in [-0.05, 0) is 27.9 Å². The van der Waals surface area contributed by atoms with Crippen molar-refractivity contribution >= 4 is 21.6 Å². The maximum Gasteiger partial charge on any atom is 0.425 e. The molecule has 0 aliphatic heterocycles. The van der Waals surface area contributed by atoms with Crippen LogP contribution >= 0.6 is 15.9 Å². The van der Waals surface area contributed by atoms with E-state index in [0.717, 1.165) is 4.40 Å². The van der Waals surface area contributed by atoms with Crippen LogP contribution in [-0.4, -0.2) is 36.8 Å². The highest BCUT2D eigenvalue weighted by Gasteiger charge is 2.44. The number of pyridine rings is 1. The summed E-state index contributed by atoms with van der Waals surface area (Å²) in [5, 5.41) is 7.03. The van der Waals surface area contributed by atoms with Crippen LogP contribution in [0.2, 0.25) is 0 Å². The highest BCUT2D eigenvalue weighted by atomic mass is 79.9. The Bertz CT molecular complexity index is 968. The second kappa shape index (κ2) is 7.22. The van der Waals surface area contributed by atoms with Crippen molar-refractivity contribution in [2.45, 2.75) is 31.0 Å². The van der Waals surface area contributed by atoms with Crippen molar-refractivity contribution in [1.82, 2.24) is 24.6 Å². The predicted molar refractivity (Wildman–Crippen MR) is 92.1 cm³/mol. The van der Waals surface area contributed by atoms with E-state index in [1.807, 2.05) is 0 Å². The summed E-state index contributed by atoms with van der Waals surface area (Å²) in [6, 6.07) is 2.69. The molecule has 0 aromatic carbocycles. The van der Waals surface area contributed by atoms with E-state index in [9.17, 15) is 22.0 Å². The lowest BCUT2D eigenvalue weighted by atomic mass is 10.1. The van der Waals surface area contributed by atoms with Gasteiger partial charge in [0.25, 0.3) is 0 Å². The average Bonchev–Trinajstić information content (AvgIpc) is 3.02. The summed E-state index contributed by atoms with van der Waals surface area (Å²) < 4.78 is 72.1. The smallest absolute Gasteiger partial charge is 0.425 e. The molecule has 3 heterocycles. The van der Waals surface area contributed by atoms with Gasteiger partial charge in [0.2, 0.25) is 11.7 Å². The van der Waals surface area contributed by atoms with E-state index in [1.54, 1.807) is 0 Å². The number of alkyl halides is 6. The zero-order chi connectivity index (χ0) is 20.7. The molecule has 0 aliphatic carbocycles. The van der Waals surface area contributed by atoms with Gasteiger partial charge in [0.05, 0.1) is 11.9 Å². The first-order chi connectivity index (χ1) is 13.0. The van der Waals surface area contributed by atoms with Crippen LogP contribution in [0.15, 0.2) is 30.7 Å². The van der Waals surface area contributed by atoms with E-state index >= 15 is 0 Å². The Morgan fingerprint density at radius 1 is 1.04 bits per heavy atom. The molecule has 3 rings (SSSR count). The lowest BCUT2D eigenvalue weighted by Gasteiger charge is -2.24. The fourth-order valence-electron chi connectivity index (χ4n) is 2.46.